The number of methoxy groups -OCH3 is 4. The van der Waals surface area contributed by atoms with Gasteiger partial charge in [-0.05, 0) is 49.1 Å². The maximum Gasteiger partial charge on any atom is 0.435 e. The minimum atomic E-state index is -0.499. The lowest BCUT2D eigenvalue weighted by atomic mass is 10.0. The van der Waals surface area contributed by atoms with Crippen molar-refractivity contribution in [2.45, 2.75) is 27.1 Å². The molecule has 4 rings (SSSR count). The third-order valence-corrected chi connectivity index (χ3v) is 7.29. The Morgan fingerprint density at radius 2 is 1.71 bits per heavy atom. The molecule has 13 heteroatoms. The van der Waals surface area contributed by atoms with Crippen molar-refractivity contribution < 1.29 is 33.1 Å². The standard InChI is InChI=1S/C32H37N6O7/c1-10-12-21-25(42-6)15-14-22-28(30(39)20-16-26(43-7)31(45-9)27(17-20)44-8)34-36(29(21)22)19-38(4,5)18-24-23(13-11-2)33-32(35(24)3)37(40)41/h11,13-17H,18-19H2,1-9H3/q+1/b13-11+. The van der Waals surface area contributed by atoms with Crippen molar-refractivity contribution in [3.05, 3.63) is 68.7 Å². The van der Waals surface area contributed by atoms with E-state index in [1.54, 1.807) is 62.2 Å². The average Bonchev–Trinajstić information content (AvgIpc) is 3.52. The second-order valence-corrected chi connectivity index (χ2v) is 10.8. The van der Waals surface area contributed by atoms with Crippen molar-refractivity contribution in [3.8, 4) is 34.8 Å². The second kappa shape index (κ2) is 13.1. The Hall–Kier alpha value is -5.35. The largest absolute Gasteiger partial charge is 0.495 e. The van der Waals surface area contributed by atoms with Crippen LogP contribution in [0.3, 0.4) is 0 Å². The molecule has 13 nitrogen and oxygen atoms in total. The Bertz CT molecular complexity index is 1850. The fourth-order valence-electron chi connectivity index (χ4n) is 5.29. The van der Waals surface area contributed by atoms with E-state index in [9.17, 15) is 14.9 Å². The maximum atomic E-state index is 14.1. The van der Waals surface area contributed by atoms with Gasteiger partial charge < -0.3 is 33.5 Å². The summed E-state index contributed by atoms with van der Waals surface area (Å²) in [7, 11) is 11.6. The number of benzene rings is 2. The first-order chi connectivity index (χ1) is 21.4. The summed E-state index contributed by atoms with van der Waals surface area (Å²) in [6, 6.07) is 6.72. The normalized spacial score (nSPS) is 11.4. The number of nitro groups is 1. The molecule has 0 saturated heterocycles. The van der Waals surface area contributed by atoms with Crippen LogP contribution in [-0.4, -0.2) is 77.1 Å². The molecular formula is C32H37N6O7+. The van der Waals surface area contributed by atoms with Crippen LogP contribution in [-0.2, 0) is 20.3 Å². The minimum absolute atomic E-state index is 0.201. The Balaban J connectivity index is 1.90. The number of hydrogen-bond donors (Lipinski definition) is 0. The van der Waals surface area contributed by atoms with Gasteiger partial charge in [0, 0.05) is 10.9 Å². The van der Waals surface area contributed by atoms with Crippen LogP contribution in [0.25, 0.3) is 17.0 Å². The van der Waals surface area contributed by atoms with Crippen LogP contribution >= 0.6 is 0 Å². The molecule has 2 aromatic heterocycles. The lowest BCUT2D eigenvalue weighted by Gasteiger charge is -2.29. The summed E-state index contributed by atoms with van der Waals surface area (Å²) in [5, 5.41) is 17.1. The lowest BCUT2D eigenvalue weighted by Crippen LogP contribution is -2.41. The molecule has 0 aliphatic heterocycles. The van der Waals surface area contributed by atoms with E-state index in [2.05, 4.69) is 16.8 Å². The van der Waals surface area contributed by atoms with E-state index in [1.807, 2.05) is 21.0 Å². The van der Waals surface area contributed by atoms with Crippen molar-refractivity contribution in [1.29, 1.82) is 0 Å². The van der Waals surface area contributed by atoms with Gasteiger partial charge in [0.05, 0.1) is 60.7 Å². The zero-order valence-electron chi connectivity index (χ0n) is 26.9. The first kappa shape index (κ1) is 32.6. The van der Waals surface area contributed by atoms with E-state index >= 15 is 0 Å². The zero-order chi connectivity index (χ0) is 33.1. The summed E-state index contributed by atoms with van der Waals surface area (Å²) in [6.07, 6.45) is 3.54. The zero-order valence-corrected chi connectivity index (χ0v) is 26.9. The third kappa shape index (κ3) is 6.18. The van der Waals surface area contributed by atoms with Crippen molar-refractivity contribution in [1.82, 2.24) is 19.3 Å². The number of fused-ring (bicyclic) bond motifs is 1. The SMILES string of the molecule is CC#Cc1c(OC)ccc2c(C(=O)c3cc(OC)c(OC)c(OC)c3)nn(C[N+](C)(C)Cc3c(/C=C/C)nc([N+](=O)[O-])n3C)c12. The van der Waals surface area contributed by atoms with E-state index in [4.69, 9.17) is 24.0 Å². The number of quaternary nitrogens is 1. The smallest absolute Gasteiger partial charge is 0.435 e. The number of nitrogens with zero attached hydrogens (tertiary/aromatic N) is 6. The average molecular weight is 618 g/mol. The topological polar surface area (TPSA) is 133 Å². The number of allylic oxidation sites excluding steroid dienone is 1. The van der Waals surface area contributed by atoms with Crippen LogP contribution in [0.15, 0.2) is 30.3 Å². The Morgan fingerprint density at radius 3 is 2.24 bits per heavy atom. The van der Waals surface area contributed by atoms with Crippen LogP contribution in [0.2, 0.25) is 0 Å². The number of carbonyl (C=O) groups is 1. The van der Waals surface area contributed by atoms with Crippen LogP contribution in [0.5, 0.6) is 23.0 Å². The molecule has 0 amide bonds. The highest BCUT2D eigenvalue weighted by Crippen LogP contribution is 2.39. The van der Waals surface area contributed by atoms with Gasteiger partial charge >= 0.3 is 5.95 Å². The second-order valence-electron chi connectivity index (χ2n) is 10.8. The molecule has 0 unspecified atom stereocenters. The van der Waals surface area contributed by atoms with Crippen LogP contribution in [0.1, 0.15) is 46.9 Å². The van der Waals surface area contributed by atoms with Crippen molar-refractivity contribution in [2.75, 3.05) is 42.5 Å². The van der Waals surface area contributed by atoms with E-state index in [0.717, 1.165) is 0 Å². The van der Waals surface area contributed by atoms with Gasteiger partial charge in [-0.3, -0.25) is 4.79 Å². The molecule has 0 fully saturated rings. The van der Waals surface area contributed by atoms with Gasteiger partial charge in [-0.2, -0.15) is 5.10 Å². The number of hydrogen-bond acceptors (Lipinski definition) is 9. The highest BCUT2D eigenvalue weighted by atomic mass is 16.6. The molecule has 0 radical (unpaired) electrons. The van der Waals surface area contributed by atoms with Crippen LogP contribution in [0, 0.1) is 22.0 Å². The molecule has 2 aromatic carbocycles. The molecule has 45 heavy (non-hydrogen) atoms. The Kier molecular flexibility index (Phi) is 9.48. The highest BCUT2D eigenvalue weighted by molar-refractivity contribution is 6.16. The summed E-state index contributed by atoms with van der Waals surface area (Å²) >= 11 is 0. The highest BCUT2D eigenvalue weighted by Gasteiger charge is 2.32. The van der Waals surface area contributed by atoms with Gasteiger partial charge in [-0.1, -0.05) is 17.0 Å². The molecule has 0 atom stereocenters. The maximum absolute atomic E-state index is 14.1. The first-order valence-corrected chi connectivity index (χ1v) is 13.9. The number of imidazole rings is 1. The number of ketones is 1. The van der Waals surface area contributed by atoms with Gasteiger partial charge in [0.15, 0.2) is 29.6 Å². The lowest BCUT2D eigenvalue weighted by molar-refractivity contribution is -0.926. The fraction of sp³-hybridized carbons (Fsp3) is 0.344. The molecule has 0 aliphatic carbocycles. The first-order valence-electron chi connectivity index (χ1n) is 13.9. The van der Waals surface area contributed by atoms with Crippen LogP contribution in [0.4, 0.5) is 5.95 Å². The summed E-state index contributed by atoms with van der Waals surface area (Å²) < 4.78 is 25.6. The molecule has 0 N–H and O–H groups in total. The van der Waals surface area contributed by atoms with Gasteiger partial charge in [0.1, 0.15) is 18.0 Å². The third-order valence-electron chi connectivity index (χ3n) is 7.29. The van der Waals surface area contributed by atoms with Crippen LogP contribution < -0.4 is 18.9 Å². The quantitative estimate of drug-likeness (QED) is 0.0736. The molecule has 0 bridgehead atoms. The van der Waals surface area contributed by atoms with E-state index in [1.165, 1.54) is 25.9 Å². The van der Waals surface area contributed by atoms with E-state index < -0.39 is 4.92 Å². The summed E-state index contributed by atoms with van der Waals surface area (Å²) in [5.74, 6) is 7.04. The minimum Gasteiger partial charge on any atom is -0.495 e. The Morgan fingerprint density at radius 1 is 1.07 bits per heavy atom. The van der Waals surface area contributed by atoms with Gasteiger partial charge in [-0.15, -0.1) is 5.92 Å². The molecule has 2 heterocycles. The molecule has 236 valence electrons. The number of carbonyl (C=O) groups excluding carboxylic acids is 1. The fourth-order valence-corrected chi connectivity index (χ4v) is 5.29. The summed E-state index contributed by atoms with van der Waals surface area (Å²) in [4.78, 5) is 29.5. The predicted molar refractivity (Wildman–Crippen MR) is 169 cm³/mol. The summed E-state index contributed by atoms with van der Waals surface area (Å²) in [6.45, 7) is 4.20. The molecule has 0 saturated carbocycles. The van der Waals surface area contributed by atoms with Crippen molar-refractivity contribution >= 4 is 28.7 Å². The molecule has 0 spiro atoms. The number of rotatable bonds is 12. The van der Waals surface area contributed by atoms with Gasteiger partial charge in [0.25, 0.3) is 0 Å². The van der Waals surface area contributed by atoms with Gasteiger partial charge in [-0.25, -0.2) is 9.25 Å². The monoisotopic (exact) mass is 617 g/mol. The molecule has 4 aromatic rings. The number of ether oxygens (including phenoxy) is 4. The number of aromatic nitrogens is 4. The summed E-state index contributed by atoms with van der Waals surface area (Å²) in [5.41, 5.74) is 2.89. The molecular weight excluding hydrogens is 580 g/mol. The van der Waals surface area contributed by atoms with E-state index in [-0.39, 0.29) is 24.1 Å². The Labute approximate surface area is 261 Å². The molecule has 0 aliphatic rings. The van der Waals surface area contributed by atoms with Crippen molar-refractivity contribution in [2.24, 2.45) is 7.05 Å². The van der Waals surface area contributed by atoms with Crippen molar-refractivity contribution in [3.63, 3.8) is 0 Å². The van der Waals surface area contributed by atoms with Gasteiger partial charge in [0.2, 0.25) is 11.5 Å². The van der Waals surface area contributed by atoms with E-state index in [0.29, 0.717) is 67.4 Å². The predicted octanol–water partition coefficient (Wildman–Crippen LogP) is 4.58.